The van der Waals surface area contributed by atoms with E-state index in [0.29, 0.717) is 19.1 Å². The molecule has 0 bridgehead atoms. The molecular formula is C13H7ClF6N6. The highest BCUT2D eigenvalue weighted by Gasteiger charge is 2.37. The van der Waals surface area contributed by atoms with Crippen molar-refractivity contribution >= 4 is 23.4 Å². The summed E-state index contributed by atoms with van der Waals surface area (Å²) in [7, 11) is 0. The van der Waals surface area contributed by atoms with E-state index in [-0.39, 0.29) is 0 Å². The van der Waals surface area contributed by atoms with Gasteiger partial charge in [0.2, 0.25) is 5.95 Å². The molecule has 0 aliphatic carbocycles. The van der Waals surface area contributed by atoms with Gasteiger partial charge in [0.05, 0.1) is 11.1 Å². The van der Waals surface area contributed by atoms with E-state index in [4.69, 9.17) is 17.1 Å². The van der Waals surface area contributed by atoms with Crippen molar-refractivity contribution in [1.82, 2.24) is 9.97 Å². The van der Waals surface area contributed by atoms with E-state index in [2.05, 4.69) is 20.0 Å². The van der Waals surface area contributed by atoms with Gasteiger partial charge in [-0.2, -0.15) is 13.2 Å². The molecule has 26 heavy (non-hydrogen) atoms. The smallest absolute Gasteiger partial charge is 0.358 e. The van der Waals surface area contributed by atoms with Gasteiger partial charge in [-0.1, -0.05) is 11.6 Å². The molecule has 13 heteroatoms. The van der Waals surface area contributed by atoms with E-state index in [1.807, 2.05) is 5.32 Å². The fraction of sp³-hybridized carbons (Fsp3) is 0.231. The molecular weight excluding hydrogens is 390 g/mol. The van der Waals surface area contributed by atoms with E-state index in [1.165, 1.54) is 0 Å². The summed E-state index contributed by atoms with van der Waals surface area (Å²) in [4.78, 5) is 9.32. The van der Waals surface area contributed by atoms with Crippen molar-refractivity contribution in [1.29, 1.82) is 0 Å². The van der Waals surface area contributed by atoms with Gasteiger partial charge in [-0.15, -0.1) is 0 Å². The van der Waals surface area contributed by atoms with Crippen LogP contribution in [0.3, 0.4) is 0 Å². The van der Waals surface area contributed by atoms with E-state index in [1.54, 1.807) is 0 Å². The normalized spacial score (nSPS) is 12.5. The molecule has 1 aromatic heterocycles. The molecule has 1 aromatic carbocycles. The number of anilines is 1. The minimum Gasteiger partial charge on any atom is -0.358 e. The van der Waals surface area contributed by atoms with Crippen LogP contribution in [-0.4, -0.2) is 22.2 Å². The standard InChI is InChI=1S/C13H7ClF6N6/c1-4(13(18,19)20)22-11-9(10(14)23-12(24-11)25-26-21)8-6(16)2-5(15)3-7(8)17/h2-4H,1H3,(H,22,23,24). The zero-order valence-electron chi connectivity index (χ0n) is 12.6. The number of azide groups is 1. The second kappa shape index (κ2) is 7.26. The third-order valence-corrected chi connectivity index (χ3v) is 3.36. The first-order chi connectivity index (χ1) is 12.0. The lowest BCUT2D eigenvalue weighted by Crippen LogP contribution is -2.33. The first-order valence-corrected chi connectivity index (χ1v) is 7.03. The van der Waals surface area contributed by atoms with Crippen molar-refractivity contribution in [2.24, 2.45) is 5.11 Å². The van der Waals surface area contributed by atoms with Crippen molar-refractivity contribution in [3.8, 4) is 11.1 Å². The largest absolute Gasteiger partial charge is 0.408 e. The summed E-state index contributed by atoms with van der Waals surface area (Å²) in [6.45, 7) is 0.713. The summed E-state index contributed by atoms with van der Waals surface area (Å²) in [6, 6.07) is -1.59. The zero-order valence-corrected chi connectivity index (χ0v) is 13.4. The Morgan fingerprint density at radius 3 is 2.23 bits per heavy atom. The summed E-state index contributed by atoms with van der Waals surface area (Å²) in [5, 5.41) is 4.18. The summed E-state index contributed by atoms with van der Waals surface area (Å²) in [6.07, 6.45) is -4.74. The maximum atomic E-state index is 14.1. The maximum absolute atomic E-state index is 14.1. The molecule has 0 radical (unpaired) electrons. The lowest BCUT2D eigenvalue weighted by molar-refractivity contribution is -0.138. The summed E-state index contributed by atoms with van der Waals surface area (Å²) in [5.74, 6) is -5.55. The molecule has 1 atom stereocenters. The number of halogens is 7. The predicted octanol–water partition coefficient (Wildman–Crippen LogP) is 5.52. The fourth-order valence-electron chi connectivity index (χ4n) is 1.90. The molecule has 0 aliphatic heterocycles. The number of hydrogen-bond acceptors (Lipinski definition) is 4. The quantitative estimate of drug-likeness (QED) is 0.243. The molecule has 1 heterocycles. The van der Waals surface area contributed by atoms with Gasteiger partial charge in [0.25, 0.3) is 0 Å². The Bertz CT molecular complexity index is 872. The third-order valence-electron chi connectivity index (χ3n) is 3.09. The van der Waals surface area contributed by atoms with Crippen LogP contribution in [0, 0.1) is 17.5 Å². The molecule has 1 unspecified atom stereocenters. The SMILES string of the molecule is CC(Nc1nc(N=[N+]=[N-])nc(Cl)c1-c1c(F)cc(F)cc1F)C(F)(F)F. The highest BCUT2D eigenvalue weighted by atomic mass is 35.5. The van der Waals surface area contributed by atoms with Gasteiger partial charge in [-0.05, 0) is 17.6 Å². The second-order valence-electron chi connectivity index (χ2n) is 4.88. The highest BCUT2D eigenvalue weighted by Crippen LogP contribution is 2.38. The van der Waals surface area contributed by atoms with Gasteiger partial charge in [-0.3, -0.25) is 0 Å². The van der Waals surface area contributed by atoms with E-state index in [0.717, 1.165) is 0 Å². The first-order valence-electron chi connectivity index (χ1n) is 6.65. The van der Waals surface area contributed by atoms with Crippen LogP contribution in [0.25, 0.3) is 21.6 Å². The van der Waals surface area contributed by atoms with Gasteiger partial charge < -0.3 is 5.32 Å². The Balaban J connectivity index is 2.74. The van der Waals surface area contributed by atoms with Crippen LogP contribution >= 0.6 is 11.6 Å². The molecule has 0 spiro atoms. The zero-order chi connectivity index (χ0) is 19.6. The van der Waals surface area contributed by atoms with Crippen LogP contribution in [0.4, 0.5) is 38.1 Å². The van der Waals surface area contributed by atoms with Crippen LogP contribution in [0.1, 0.15) is 6.92 Å². The van der Waals surface area contributed by atoms with E-state index in [9.17, 15) is 26.3 Å². The number of hydrogen-bond donors (Lipinski definition) is 1. The molecule has 0 saturated carbocycles. The Morgan fingerprint density at radius 1 is 1.15 bits per heavy atom. The minimum absolute atomic E-state index is 0.313. The number of benzene rings is 1. The van der Waals surface area contributed by atoms with Crippen molar-refractivity contribution in [2.45, 2.75) is 19.1 Å². The topological polar surface area (TPSA) is 86.6 Å². The van der Waals surface area contributed by atoms with Gasteiger partial charge in [0.15, 0.2) is 0 Å². The molecule has 1 N–H and O–H groups in total. The maximum Gasteiger partial charge on any atom is 0.408 e. The number of nitrogens with one attached hydrogen (secondary N) is 1. The van der Waals surface area contributed by atoms with Crippen LogP contribution < -0.4 is 5.32 Å². The fourth-order valence-corrected chi connectivity index (χ4v) is 2.16. The Hall–Kier alpha value is -2.72. The van der Waals surface area contributed by atoms with Gasteiger partial charge >= 0.3 is 6.18 Å². The van der Waals surface area contributed by atoms with Gasteiger partial charge in [-0.25, -0.2) is 23.1 Å². The Labute approximate surface area is 146 Å². The molecule has 0 saturated heterocycles. The van der Waals surface area contributed by atoms with E-state index >= 15 is 0 Å². The Morgan fingerprint density at radius 2 is 1.73 bits per heavy atom. The summed E-state index contributed by atoms with van der Waals surface area (Å²) >= 11 is 5.80. The van der Waals surface area contributed by atoms with E-state index < -0.39 is 57.7 Å². The van der Waals surface area contributed by atoms with Crippen LogP contribution in [0.15, 0.2) is 17.2 Å². The second-order valence-corrected chi connectivity index (χ2v) is 5.24. The average Bonchev–Trinajstić information content (AvgIpc) is 2.48. The molecule has 2 aromatic rings. The monoisotopic (exact) mass is 396 g/mol. The van der Waals surface area contributed by atoms with Crippen LogP contribution in [0.5, 0.6) is 0 Å². The molecule has 0 amide bonds. The highest BCUT2D eigenvalue weighted by molar-refractivity contribution is 6.32. The van der Waals surface area contributed by atoms with Crippen LogP contribution in [0.2, 0.25) is 5.15 Å². The number of alkyl halides is 3. The van der Waals surface area contributed by atoms with Crippen molar-refractivity contribution in [3.05, 3.63) is 45.2 Å². The lowest BCUT2D eigenvalue weighted by atomic mass is 10.1. The average molecular weight is 397 g/mol. The van der Waals surface area contributed by atoms with Crippen molar-refractivity contribution in [3.63, 3.8) is 0 Å². The Kier molecular flexibility index (Phi) is 5.47. The first kappa shape index (κ1) is 19.6. The minimum atomic E-state index is -4.74. The molecule has 6 nitrogen and oxygen atoms in total. The number of nitrogens with zero attached hydrogens (tertiary/aromatic N) is 5. The van der Waals surface area contributed by atoms with Crippen LogP contribution in [-0.2, 0) is 0 Å². The predicted molar refractivity (Wildman–Crippen MR) is 80.3 cm³/mol. The van der Waals surface area contributed by atoms with Crippen molar-refractivity contribution in [2.75, 3.05) is 5.32 Å². The van der Waals surface area contributed by atoms with Crippen molar-refractivity contribution < 1.29 is 26.3 Å². The van der Waals surface area contributed by atoms with Gasteiger partial charge in [0, 0.05) is 17.0 Å². The molecule has 2 rings (SSSR count). The summed E-state index contributed by atoms with van der Waals surface area (Å²) in [5.41, 5.74) is 6.76. The molecule has 0 fully saturated rings. The number of rotatable bonds is 4. The lowest BCUT2D eigenvalue weighted by Gasteiger charge is -2.20. The number of aromatic nitrogens is 2. The summed E-state index contributed by atoms with van der Waals surface area (Å²) < 4.78 is 79.6. The third kappa shape index (κ3) is 4.09. The molecule has 0 aliphatic rings. The van der Waals surface area contributed by atoms with Gasteiger partial charge in [0.1, 0.15) is 34.5 Å². The molecule has 138 valence electrons.